The molecule has 2 atom stereocenters. The first-order valence-corrected chi connectivity index (χ1v) is 10.6. The number of hydrogen-bond acceptors (Lipinski definition) is 1. The van der Waals surface area contributed by atoms with E-state index in [1.807, 2.05) is 0 Å². The predicted molar refractivity (Wildman–Crippen MR) is 117 cm³/mol. The minimum atomic E-state index is 0.400. The normalized spacial score (nSPS) is 18.5. The summed E-state index contributed by atoms with van der Waals surface area (Å²) in [5.41, 5.74) is 7.23. The molecule has 4 rings (SSSR count). The van der Waals surface area contributed by atoms with E-state index < -0.39 is 0 Å². The maximum absolute atomic E-state index is 5.49. The lowest BCUT2D eigenvalue weighted by atomic mass is 9.69. The van der Waals surface area contributed by atoms with Crippen molar-refractivity contribution in [2.45, 2.75) is 50.9 Å². The van der Waals surface area contributed by atoms with E-state index in [1.54, 1.807) is 7.11 Å². The Hall–Kier alpha value is -2.54. The third-order valence-corrected chi connectivity index (χ3v) is 6.20. The van der Waals surface area contributed by atoms with Gasteiger partial charge in [0.25, 0.3) is 0 Å². The summed E-state index contributed by atoms with van der Waals surface area (Å²) in [5.74, 6) is 1.88. The molecule has 1 heteroatoms. The molecule has 0 saturated carbocycles. The number of hydrogen-bond donors (Lipinski definition) is 0. The van der Waals surface area contributed by atoms with Crippen LogP contribution in [0, 0.1) is 0 Å². The van der Waals surface area contributed by atoms with Crippen LogP contribution in [-0.2, 0) is 12.8 Å². The number of fused-ring (bicyclic) bond motifs is 1. The minimum Gasteiger partial charge on any atom is -0.497 e. The molecule has 0 saturated heterocycles. The second-order valence-corrected chi connectivity index (χ2v) is 7.94. The fourth-order valence-corrected chi connectivity index (χ4v) is 4.67. The summed E-state index contributed by atoms with van der Waals surface area (Å²) in [6.07, 6.45) is 5.97. The summed E-state index contributed by atoms with van der Waals surface area (Å²) in [5, 5.41) is 0. The van der Waals surface area contributed by atoms with E-state index in [9.17, 15) is 0 Å². The molecule has 1 aliphatic rings. The van der Waals surface area contributed by atoms with Gasteiger partial charge in [-0.1, -0.05) is 74.0 Å². The summed E-state index contributed by atoms with van der Waals surface area (Å²) in [4.78, 5) is 0. The Kier molecular flexibility index (Phi) is 5.81. The van der Waals surface area contributed by atoms with Gasteiger partial charge in [-0.2, -0.15) is 0 Å². The van der Waals surface area contributed by atoms with Gasteiger partial charge in [-0.15, -0.1) is 0 Å². The SMILES string of the molecule is CCCCc1ccc([C@H]2c3ccc(OC)cc3CC[C@H]2c2ccccc2)cc1. The van der Waals surface area contributed by atoms with Crippen LogP contribution in [0.5, 0.6) is 5.75 Å². The molecule has 144 valence electrons. The third-order valence-electron chi connectivity index (χ3n) is 6.20. The van der Waals surface area contributed by atoms with Crippen LogP contribution >= 0.6 is 0 Å². The first kappa shape index (κ1) is 18.8. The maximum Gasteiger partial charge on any atom is 0.119 e. The number of aryl methyl sites for hydroxylation is 2. The number of unbranched alkanes of at least 4 members (excludes halogenated alkanes) is 1. The summed E-state index contributed by atoms with van der Waals surface area (Å²) in [6, 6.07) is 27.1. The molecule has 28 heavy (non-hydrogen) atoms. The van der Waals surface area contributed by atoms with Crippen LogP contribution in [0.25, 0.3) is 0 Å². The average Bonchev–Trinajstić information content (AvgIpc) is 2.77. The fourth-order valence-electron chi connectivity index (χ4n) is 4.67. The first-order valence-electron chi connectivity index (χ1n) is 10.6. The van der Waals surface area contributed by atoms with Gasteiger partial charge in [0.05, 0.1) is 7.11 Å². The first-order chi connectivity index (χ1) is 13.8. The van der Waals surface area contributed by atoms with E-state index in [4.69, 9.17) is 4.74 Å². The summed E-state index contributed by atoms with van der Waals surface area (Å²) >= 11 is 0. The van der Waals surface area contributed by atoms with E-state index >= 15 is 0 Å². The molecule has 0 radical (unpaired) electrons. The van der Waals surface area contributed by atoms with E-state index in [2.05, 4.69) is 79.7 Å². The maximum atomic E-state index is 5.49. The van der Waals surface area contributed by atoms with Crippen molar-refractivity contribution in [1.29, 1.82) is 0 Å². The van der Waals surface area contributed by atoms with Crippen molar-refractivity contribution >= 4 is 0 Å². The van der Waals surface area contributed by atoms with Crippen LogP contribution in [0.2, 0.25) is 0 Å². The lowest BCUT2D eigenvalue weighted by molar-refractivity contribution is 0.412. The summed E-state index contributed by atoms with van der Waals surface area (Å²) in [7, 11) is 1.75. The highest BCUT2D eigenvalue weighted by atomic mass is 16.5. The molecular weight excluding hydrogens is 340 g/mol. The van der Waals surface area contributed by atoms with Gasteiger partial charge in [0.1, 0.15) is 5.75 Å². The number of benzene rings is 3. The zero-order valence-electron chi connectivity index (χ0n) is 17.0. The van der Waals surface area contributed by atoms with E-state index in [0.29, 0.717) is 11.8 Å². The molecule has 0 spiro atoms. The zero-order valence-corrected chi connectivity index (χ0v) is 17.0. The van der Waals surface area contributed by atoms with Crippen LogP contribution in [0.1, 0.15) is 65.8 Å². The van der Waals surface area contributed by atoms with Crippen LogP contribution in [0.4, 0.5) is 0 Å². The average molecular weight is 371 g/mol. The Morgan fingerprint density at radius 3 is 2.39 bits per heavy atom. The van der Waals surface area contributed by atoms with Crippen molar-refractivity contribution in [1.82, 2.24) is 0 Å². The lowest BCUT2D eigenvalue weighted by Crippen LogP contribution is -2.20. The number of methoxy groups -OCH3 is 1. The second kappa shape index (κ2) is 8.65. The molecule has 3 aromatic rings. The topological polar surface area (TPSA) is 9.23 Å². The Morgan fingerprint density at radius 1 is 0.893 bits per heavy atom. The van der Waals surface area contributed by atoms with Gasteiger partial charge < -0.3 is 4.74 Å². The highest BCUT2D eigenvalue weighted by Gasteiger charge is 2.32. The molecule has 0 heterocycles. The Balaban J connectivity index is 1.74. The molecule has 0 aliphatic heterocycles. The number of ether oxygens (including phenoxy) is 1. The van der Waals surface area contributed by atoms with Crippen molar-refractivity contribution in [3.8, 4) is 5.75 Å². The molecule has 3 aromatic carbocycles. The van der Waals surface area contributed by atoms with Crippen LogP contribution in [-0.4, -0.2) is 7.11 Å². The highest BCUT2D eigenvalue weighted by molar-refractivity contribution is 5.48. The van der Waals surface area contributed by atoms with Gasteiger partial charge >= 0.3 is 0 Å². The standard InChI is InChI=1S/C27H30O/c1-3-4-8-20-11-13-22(14-12-20)27-25(21-9-6-5-7-10-21)17-15-23-19-24(28-2)16-18-26(23)27/h5-7,9-14,16,18-19,25,27H,3-4,8,15,17H2,1-2H3/t25-,27+/m0/s1. The van der Waals surface area contributed by atoms with Gasteiger partial charge in [0.15, 0.2) is 0 Å². The van der Waals surface area contributed by atoms with Crippen LogP contribution in [0.3, 0.4) is 0 Å². The molecule has 0 fully saturated rings. The molecule has 0 N–H and O–H groups in total. The number of rotatable bonds is 6. The van der Waals surface area contributed by atoms with E-state index in [-0.39, 0.29) is 0 Å². The fraction of sp³-hybridized carbons (Fsp3) is 0.333. The van der Waals surface area contributed by atoms with Crippen LogP contribution in [0.15, 0.2) is 72.8 Å². The molecule has 0 bridgehead atoms. The van der Waals surface area contributed by atoms with Crippen LogP contribution < -0.4 is 4.74 Å². The Labute approximate surface area is 169 Å². The molecule has 1 aliphatic carbocycles. The van der Waals surface area contributed by atoms with Crippen molar-refractivity contribution in [2.24, 2.45) is 0 Å². The van der Waals surface area contributed by atoms with Gasteiger partial charge in [-0.25, -0.2) is 0 Å². The Morgan fingerprint density at radius 2 is 1.68 bits per heavy atom. The molecule has 0 amide bonds. The monoisotopic (exact) mass is 370 g/mol. The quantitative estimate of drug-likeness (QED) is 0.458. The Bertz CT molecular complexity index is 895. The van der Waals surface area contributed by atoms with Crippen molar-refractivity contribution in [2.75, 3.05) is 7.11 Å². The smallest absolute Gasteiger partial charge is 0.119 e. The molecule has 0 unspecified atom stereocenters. The van der Waals surface area contributed by atoms with Crippen molar-refractivity contribution < 1.29 is 4.74 Å². The van der Waals surface area contributed by atoms with Gasteiger partial charge in [0.2, 0.25) is 0 Å². The molecule has 1 nitrogen and oxygen atoms in total. The van der Waals surface area contributed by atoms with Gasteiger partial charge in [-0.05, 0) is 71.6 Å². The lowest BCUT2D eigenvalue weighted by Gasteiger charge is -2.35. The summed E-state index contributed by atoms with van der Waals surface area (Å²) in [6.45, 7) is 2.26. The highest BCUT2D eigenvalue weighted by Crippen LogP contribution is 2.46. The molecular formula is C27H30O. The minimum absolute atomic E-state index is 0.400. The van der Waals surface area contributed by atoms with Crippen molar-refractivity contribution in [3.05, 3.63) is 101 Å². The zero-order chi connectivity index (χ0) is 19.3. The second-order valence-electron chi connectivity index (χ2n) is 7.94. The van der Waals surface area contributed by atoms with Gasteiger partial charge in [-0.3, -0.25) is 0 Å². The predicted octanol–water partition coefficient (Wildman–Crippen LogP) is 6.90. The molecule has 0 aromatic heterocycles. The summed E-state index contributed by atoms with van der Waals surface area (Å²) < 4.78 is 5.49. The largest absolute Gasteiger partial charge is 0.497 e. The van der Waals surface area contributed by atoms with E-state index in [0.717, 1.165) is 12.2 Å². The third kappa shape index (κ3) is 3.85. The van der Waals surface area contributed by atoms with Gasteiger partial charge in [0, 0.05) is 5.92 Å². The van der Waals surface area contributed by atoms with E-state index in [1.165, 1.54) is 53.5 Å². The van der Waals surface area contributed by atoms with Crippen molar-refractivity contribution in [3.63, 3.8) is 0 Å².